The fourth-order valence-corrected chi connectivity index (χ4v) is 3.86. The molecule has 26 heavy (non-hydrogen) atoms. The van der Waals surface area contributed by atoms with Crippen LogP contribution in [-0.2, 0) is 0 Å². The zero-order valence-corrected chi connectivity index (χ0v) is 15.1. The minimum absolute atomic E-state index is 0.667. The maximum Gasteiger partial charge on any atom is 0.132 e. The van der Waals surface area contributed by atoms with E-state index in [4.69, 9.17) is 4.98 Å². The van der Waals surface area contributed by atoms with E-state index in [0.29, 0.717) is 5.92 Å². The number of piperazine rings is 1. The molecule has 0 unspecified atom stereocenters. The molecule has 1 aliphatic heterocycles. The molecule has 2 aliphatic rings. The Kier molecular flexibility index (Phi) is 3.73. The Bertz CT molecular complexity index is 937. The van der Waals surface area contributed by atoms with Crippen LogP contribution in [0.25, 0.3) is 10.9 Å². The molecule has 0 spiro atoms. The number of aromatic nitrogens is 3. The van der Waals surface area contributed by atoms with Crippen molar-refractivity contribution >= 4 is 22.4 Å². The van der Waals surface area contributed by atoms with E-state index in [1.807, 2.05) is 19.2 Å². The van der Waals surface area contributed by atoms with Crippen molar-refractivity contribution in [1.29, 1.82) is 0 Å². The van der Waals surface area contributed by atoms with Crippen LogP contribution < -0.4 is 9.80 Å². The number of anilines is 2. The lowest BCUT2D eigenvalue weighted by Gasteiger charge is -2.37. The number of aryl methyl sites for hydroxylation is 1. The molecule has 5 nitrogen and oxygen atoms in total. The highest BCUT2D eigenvalue weighted by Crippen LogP contribution is 2.40. The molecule has 1 aromatic carbocycles. The van der Waals surface area contributed by atoms with Gasteiger partial charge in [-0.15, -0.1) is 0 Å². The Morgan fingerprint density at radius 1 is 0.923 bits per heavy atom. The Morgan fingerprint density at radius 2 is 1.69 bits per heavy atom. The third kappa shape index (κ3) is 2.87. The van der Waals surface area contributed by atoms with Gasteiger partial charge in [-0.3, -0.25) is 4.98 Å². The van der Waals surface area contributed by atoms with Crippen LogP contribution in [0.3, 0.4) is 0 Å². The van der Waals surface area contributed by atoms with Crippen LogP contribution >= 0.6 is 0 Å². The van der Waals surface area contributed by atoms with Crippen molar-refractivity contribution in [3.63, 3.8) is 0 Å². The van der Waals surface area contributed by atoms with Gasteiger partial charge in [0.05, 0.1) is 5.52 Å². The molecule has 0 atom stereocenters. The summed E-state index contributed by atoms with van der Waals surface area (Å²) in [4.78, 5) is 18.7. The standard InChI is InChI=1S/C21H23N5/c1-15-23-19(16-6-7-16)14-21(24-15)26-12-10-25(11-13-26)20-8-9-22-18-5-3-2-4-17(18)20/h2-5,8-9,14,16H,6-7,10-13H2,1H3. The van der Waals surface area contributed by atoms with E-state index < -0.39 is 0 Å². The van der Waals surface area contributed by atoms with Gasteiger partial charge in [0.1, 0.15) is 11.6 Å². The lowest BCUT2D eigenvalue weighted by Crippen LogP contribution is -2.47. The predicted octanol–water partition coefficient (Wildman–Crippen LogP) is 3.54. The Labute approximate surface area is 153 Å². The smallest absolute Gasteiger partial charge is 0.132 e. The van der Waals surface area contributed by atoms with Gasteiger partial charge in [0, 0.05) is 61.1 Å². The molecular formula is C21H23N5. The summed E-state index contributed by atoms with van der Waals surface area (Å²) in [7, 11) is 0. The first-order chi connectivity index (χ1) is 12.8. The SMILES string of the molecule is Cc1nc(C2CC2)cc(N2CCN(c3ccnc4ccccc34)CC2)n1. The van der Waals surface area contributed by atoms with Gasteiger partial charge in [0.25, 0.3) is 0 Å². The fraction of sp³-hybridized carbons (Fsp3) is 0.381. The Morgan fingerprint density at radius 3 is 2.50 bits per heavy atom. The van der Waals surface area contributed by atoms with Gasteiger partial charge in [0.15, 0.2) is 0 Å². The summed E-state index contributed by atoms with van der Waals surface area (Å²) in [5, 5.41) is 1.23. The van der Waals surface area contributed by atoms with Crippen molar-refractivity contribution in [3.8, 4) is 0 Å². The van der Waals surface area contributed by atoms with Gasteiger partial charge in [-0.1, -0.05) is 18.2 Å². The van der Waals surface area contributed by atoms with E-state index in [1.165, 1.54) is 29.6 Å². The quantitative estimate of drug-likeness (QED) is 0.726. The molecule has 0 N–H and O–H groups in total. The maximum atomic E-state index is 4.70. The minimum atomic E-state index is 0.667. The van der Waals surface area contributed by atoms with Crippen molar-refractivity contribution in [2.24, 2.45) is 0 Å². The third-order valence-corrected chi connectivity index (χ3v) is 5.41. The summed E-state index contributed by atoms with van der Waals surface area (Å²) < 4.78 is 0. The Hall–Kier alpha value is -2.69. The molecule has 2 aromatic heterocycles. The molecule has 0 amide bonds. The average Bonchev–Trinajstić information content (AvgIpc) is 3.53. The second-order valence-corrected chi connectivity index (χ2v) is 7.29. The second-order valence-electron chi connectivity index (χ2n) is 7.29. The van der Waals surface area contributed by atoms with Gasteiger partial charge in [-0.2, -0.15) is 0 Å². The van der Waals surface area contributed by atoms with Gasteiger partial charge in [-0.25, -0.2) is 9.97 Å². The number of nitrogens with zero attached hydrogens (tertiary/aromatic N) is 5. The van der Waals surface area contributed by atoms with Crippen molar-refractivity contribution < 1.29 is 0 Å². The van der Waals surface area contributed by atoms with E-state index in [1.54, 1.807) is 0 Å². The molecule has 132 valence electrons. The lowest BCUT2D eigenvalue weighted by atomic mass is 10.1. The topological polar surface area (TPSA) is 45.2 Å². The maximum absolute atomic E-state index is 4.70. The largest absolute Gasteiger partial charge is 0.367 e. The van der Waals surface area contributed by atoms with E-state index in [2.05, 4.69) is 50.1 Å². The zero-order valence-electron chi connectivity index (χ0n) is 15.1. The summed E-state index contributed by atoms with van der Waals surface area (Å²) in [5.74, 6) is 2.66. The number of rotatable bonds is 3. The molecular weight excluding hydrogens is 322 g/mol. The predicted molar refractivity (Wildman–Crippen MR) is 105 cm³/mol. The monoisotopic (exact) mass is 345 g/mol. The summed E-state index contributed by atoms with van der Waals surface area (Å²) in [6.45, 7) is 5.97. The summed E-state index contributed by atoms with van der Waals surface area (Å²) in [6, 6.07) is 12.7. The van der Waals surface area contributed by atoms with Gasteiger partial charge >= 0.3 is 0 Å². The number of fused-ring (bicyclic) bond motifs is 1. The molecule has 3 aromatic rings. The molecule has 5 rings (SSSR count). The van der Waals surface area contributed by atoms with Gasteiger partial charge < -0.3 is 9.80 Å². The van der Waals surface area contributed by atoms with Crippen molar-refractivity contribution in [1.82, 2.24) is 15.0 Å². The van der Waals surface area contributed by atoms with Crippen LogP contribution in [0.2, 0.25) is 0 Å². The molecule has 1 aliphatic carbocycles. The number of benzene rings is 1. The number of pyridine rings is 1. The normalized spacial score (nSPS) is 17.7. The number of hydrogen-bond acceptors (Lipinski definition) is 5. The van der Waals surface area contributed by atoms with Crippen LogP contribution in [0.5, 0.6) is 0 Å². The van der Waals surface area contributed by atoms with Crippen molar-refractivity contribution in [3.05, 3.63) is 54.1 Å². The average molecular weight is 345 g/mol. The van der Waals surface area contributed by atoms with Gasteiger partial charge in [-0.05, 0) is 31.9 Å². The van der Waals surface area contributed by atoms with Crippen LogP contribution in [0, 0.1) is 6.92 Å². The van der Waals surface area contributed by atoms with Crippen molar-refractivity contribution in [2.45, 2.75) is 25.7 Å². The van der Waals surface area contributed by atoms with E-state index in [-0.39, 0.29) is 0 Å². The third-order valence-electron chi connectivity index (χ3n) is 5.41. The van der Waals surface area contributed by atoms with Crippen LogP contribution in [0.1, 0.15) is 30.3 Å². The number of para-hydroxylation sites is 1. The zero-order chi connectivity index (χ0) is 17.5. The molecule has 0 bridgehead atoms. The molecule has 0 radical (unpaired) electrons. The lowest BCUT2D eigenvalue weighted by molar-refractivity contribution is 0.646. The number of hydrogen-bond donors (Lipinski definition) is 0. The van der Waals surface area contributed by atoms with Gasteiger partial charge in [0.2, 0.25) is 0 Å². The highest BCUT2D eigenvalue weighted by atomic mass is 15.3. The van der Waals surface area contributed by atoms with E-state index in [9.17, 15) is 0 Å². The first-order valence-corrected chi connectivity index (χ1v) is 9.47. The highest BCUT2D eigenvalue weighted by Gasteiger charge is 2.27. The molecule has 5 heteroatoms. The first-order valence-electron chi connectivity index (χ1n) is 9.47. The summed E-state index contributed by atoms with van der Waals surface area (Å²) in [5.41, 5.74) is 3.58. The van der Waals surface area contributed by atoms with E-state index in [0.717, 1.165) is 43.3 Å². The molecule has 1 saturated carbocycles. The molecule has 2 fully saturated rings. The second kappa shape index (κ2) is 6.24. The Balaban J connectivity index is 1.36. The molecule has 1 saturated heterocycles. The van der Waals surface area contributed by atoms with E-state index >= 15 is 0 Å². The summed E-state index contributed by atoms with van der Waals surface area (Å²) in [6.07, 6.45) is 4.47. The summed E-state index contributed by atoms with van der Waals surface area (Å²) >= 11 is 0. The van der Waals surface area contributed by atoms with Crippen molar-refractivity contribution in [2.75, 3.05) is 36.0 Å². The highest BCUT2D eigenvalue weighted by molar-refractivity contribution is 5.91. The minimum Gasteiger partial charge on any atom is -0.367 e. The van der Waals surface area contributed by atoms with Crippen LogP contribution in [0.15, 0.2) is 42.6 Å². The van der Waals surface area contributed by atoms with Crippen LogP contribution in [-0.4, -0.2) is 41.1 Å². The fourth-order valence-electron chi connectivity index (χ4n) is 3.86. The van der Waals surface area contributed by atoms with Crippen LogP contribution in [0.4, 0.5) is 11.5 Å². The molecule has 3 heterocycles. The first kappa shape index (κ1) is 15.6.